The van der Waals surface area contributed by atoms with Crippen molar-refractivity contribution in [2.24, 2.45) is 0 Å². The van der Waals surface area contributed by atoms with E-state index in [1.165, 1.54) is 5.75 Å². The van der Waals surface area contributed by atoms with Gasteiger partial charge in [0, 0.05) is 16.8 Å². The minimum Gasteiger partial charge on any atom is -0.393 e. The van der Waals surface area contributed by atoms with E-state index in [0.717, 1.165) is 18.0 Å². The van der Waals surface area contributed by atoms with Crippen molar-refractivity contribution < 1.29 is 9.63 Å². The molecule has 0 aliphatic carbocycles. The van der Waals surface area contributed by atoms with E-state index in [-0.39, 0.29) is 0 Å². The topological polar surface area (TPSA) is 59.2 Å². The van der Waals surface area contributed by atoms with Gasteiger partial charge in [-0.25, -0.2) is 0 Å². The van der Waals surface area contributed by atoms with Crippen LogP contribution in [0.4, 0.5) is 0 Å². The zero-order valence-electron chi connectivity index (χ0n) is 10.1. The van der Waals surface area contributed by atoms with Crippen LogP contribution < -0.4 is 0 Å². The van der Waals surface area contributed by atoms with Gasteiger partial charge in [0.1, 0.15) is 0 Å². The molecule has 0 radical (unpaired) electrons. The summed E-state index contributed by atoms with van der Waals surface area (Å²) < 4.78 is 5.18. The van der Waals surface area contributed by atoms with Crippen LogP contribution in [-0.2, 0) is 6.42 Å². The van der Waals surface area contributed by atoms with Crippen LogP contribution in [0.2, 0.25) is 0 Å². The number of nitrogens with zero attached hydrogens (tertiary/aromatic N) is 2. The third kappa shape index (κ3) is 3.39. The summed E-state index contributed by atoms with van der Waals surface area (Å²) >= 11 is 3.91. The molecule has 96 valence electrons. The molecule has 0 saturated carbocycles. The molecule has 3 atom stereocenters. The molecule has 0 aromatic carbocycles. The van der Waals surface area contributed by atoms with Gasteiger partial charge in [-0.2, -0.15) is 16.7 Å². The summed E-state index contributed by atoms with van der Waals surface area (Å²) in [6.45, 7) is 3.93. The van der Waals surface area contributed by atoms with Gasteiger partial charge < -0.3 is 9.63 Å². The zero-order valence-corrected chi connectivity index (χ0v) is 11.8. The Balaban J connectivity index is 2.07. The van der Waals surface area contributed by atoms with E-state index in [1.807, 2.05) is 23.5 Å². The van der Waals surface area contributed by atoms with Gasteiger partial charge in [-0.3, -0.25) is 0 Å². The second-order valence-corrected chi connectivity index (χ2v) is 6.80. The molecule has 0 amide bonds. The highest BCUT2D eigenvalue weighted by Crippen LogP contribution is 2.42. The fourth-order valence-electron chi connectivity index (χ4n) is 1.86. The molecule has 1 aromatic rings. The van der Waals surface area contributed by atoms with E-state index < -0.39 is 6.10 Å². The van der Waals surface area contributed by atoms with Gasteiger partial charge >= 0.3 is 0 Å². The van der Waals surface area contributed by atoms with Gasteiger partial charge in [0.15, 0.2) is 5.82 Å². The van der Waals surface area contributed by atoms with Crippen LogP contribution in [0.3, 0.4) is 0 Å². The fraction of sp³-hybridized carbons (Fsp3) is 0.818. The van der Waals surface area contributed by atoms with Gasteiger partial charge in [0.05, 0.1) is 17.8 Å². The van der Waals surface area contributed by atoms with E-state index in [2.05, 4.69) is 17.1 Å². The van der Waals surface area contributed by atoms with Crippen LogP contribution >= 0.6 is 23.5 Å². The van der Waals surface area contributed by atoms with Crippen LogP contribution in [0, 0.1) is 0 Å². The molecule has 1 aliphatic rings. The molecule has 1 fully saturated rings. The molecule has 1 aliphatic heterocycles. The van der Waals surface area contributed by atoms with Gasteiger partial charge in [-0.15, -0.1) is 11.8 Å². The smallest absolute Gasteiger partial charge is 0.229 e. The monoisotopic (exact) mass is 274 g/mol. The second-order valence-electron chi connectivity index (χ2n) is 4.21. The summed E-state index contributed by atoms with van der Waals surface area (Å²) in [4.78, 5) is 4.40. The normalized spacial score (nSPS) is 27.0. The van der Waals surface area contributed by atoms with E-state index >= 15 is 0 Å². The molecular weight excluding hydrogens is 256 g/mol. The molecule has 0 spiro atoms. The van der Waals surface area contributed by atoms with E-state index in [0.29, 0.717) is 22.8 Å². The Morgan fingerprint density at radius 1 is 1.47 bits per heavy atom. The summed E-state index contributed by atoms with van der Waals surface area (Å²) in [5.74, 6) is 3.69. The lowest BCUT2D eigenvalue weighted by atomic mass is 10.2. The van der Waals surface area contributed by atoms with E-state index in [4.69, 9.17) is 4.52 Å². The number of aliphatic hydroxyl groups excluding tert-OH is 1. The maximum Gasteiger partial charge on any atom is 0.229 e. The Morgan fingerprint density at radius 3 is 2.94 bits per heavy atom. The van der Waals surface area contributed by atoms with Gasteiger partial charge in [0.25, 0.3) is 0 Å². The Kier molecular flexibility index (Phi) is 4.76. The molecular formula is C11H18N2O2S2. The lowest BCUT2D eigenvalue weighted by molar-refractivity contribution is 0.181. The average Bonchev–Trinajstić information content (AvgIpc) is 2.76. The first kappa shape index (κ1) is 13.2. The predicted octanol–water partition coefficient (Wildman–Crippen LogP) is 2.29. The summed E-state index contributed by atoms with van der Waals surface area (Å²) in [6, 6.07) is 0. The molecule has 4 nitrogen and oxygen atoms in total. The van der Waals surface area contributed by atoms with Crippen molar-refractivity contribution >= 4 is 23.5 Å². The van der Waals surface area contributed by atoms with Gasteiger partial charge in [0.2, 0.25) is 5.89 Å². The standard InChI is InChI=1S/C11H18N2O2S2/c1-3-8-10(17-5-4-16-8)11-12-9(15-13-11)6-7(2)14/h7-8,10,14H,3-6H2,1-2H3. The molecule has 1 N–H and O–H groups in total. The summed E-state index contributed by atoms with van der Waals surface area (Å²) in [6.07, 6.45) is 1.13. The number of thioether (sulfide) groups is 2. The SMILES string of the molecule is CCC1SCCSC1c1noc(CC(C)O)n1. The number of aliphatic hydroxyl groups is 1. The van der Waals surface area contributed by atoms with Crippen LogP contribution in [-0.4, -0.2) is 38.1 Å². The summed E-state index contributed by atoms with van der Waals surface area (Å²) in [5, 5.41) is 14.3. The van der Waals surface area contributed by atoms with E-state index in [9.17, 15) is 5.11 Å². The Morgan fingerprint density at radius 2 is 2.24 bits per heavy atom. The highest BCUT2D eigenvalue weighted by atomic mass is 32.2. The number of rotatable bonds is 4. The first-order valence-corrected chi connectivity index (χ1v) is 8.04. The van der Waals surface area contributed by atoms with Crippen LogP contribution in [0.1, 0.15) is 37.2 Å². The molecule has 17 heavy (non-hydrogen) atoms. The van der Waals surface area contributed by atoms with Crippen molar-refractivity contribution in [2.45, 2.75) is 43.3 Å². The van der Waals surface area contributed by atoms with Gasteiger partial charge in [-0.05, 0) is 13.3 Å². The van der Waals surface area contributed by atoms with Crippen molar-refractivity contribution in [3.05, 3.63) is 11.7 Å². The lowest BCUT2D eigenvalue weighted by Crippen LogP contribution is -2.19. The molecule has 0 bridgehead atoms. The fourth-order valence-corrected chi connectivity index (χ4v) is 4.84. The predicted molar refractivity (Wildman–Crippen MR) is 71.4 cm³/mol. The third-order valence-electron chi connectivity index (χ3n) is 2.66. The minimum atomic E-state index is -0.432. The van der Waals surface area contributed by atoms with Crippen LogP contribution in [0.15, 0.2) is 4.52 Å². The van der Waals surface area contributed by atoms with Crippen LogP contribution in [0.5, 0.6) is 0 Å². The first-order chi connectivity index (χ1) is 8.20. The number of hydrogen-bond acceptors (Lipinski definition) is 6. The van der Waals surface area contributed by atoms with Crippen molar-refractivity contribution in [3.8, 4) is 0 Å². The van der Waals surface area contributed by atoms with Gasteiger partial charge in [-0.1, -0.05) is 12.1 Å². The van der Waals surface area contributed by atoms with Crippen molar-refractivity contribution in [3.63, 3.8) is 0 Å². The second kappa shape index (κ2) is 6.11. The molecule has 3 unspecified atom stereocenters. The van der Waals surface area contributed by atoms with Crippen molar-refractivity contribution in [2.75, 3.05) is 11.5 Å². The summed E-state index contributed by atoms with van der Waals surface area (Å²) in [5.41, 5.74) is 0. The Hall–Kier alpha value is -0.200. The van der Waals surface area contributed by atoms with Crippen molar-refractivity contribution in [1.82, 2.24) is 10.1 Å². The largest absolute Gasteiger partial charge is 0.393 e. The molecule has 6 heteroatoms. The van der Waals surface area contributed by atoms with E-state index in [1.54, 1.807) is 6.92 Å². The zero-order chi connectivity index (χ0) is 12.3. The number of aromatic nitrogens is 2. The maximum absolute atomic E-state index is 9.29. The lowest BCUT2D eigenvalue weighted by Gasteiger charge is -2.27. The maximum atomic E-state index is 9.29. The van der Waals surface area contributed by atoms with Crippen LogP contribution in [0.25, 0.3) is 0 Å². The quantitative estimate of drug-likeness (QED) is 0.909. The first-order valence-electron chi connectivity index (χ1n) is 5.94. The third-order valence-corrected chi connectivity index (χ3v) is 5.90. The Labute approximate surface area is 110 Å². The Bertz CT molecular complexity index is 357. The summed E-state index contributed by atoms with van der Waals surface area (Å²) in [7, 11) is 0. The average molecular weight is 274 g/mol. The number of hydrogen-bond donors (Lipinski definition) is 1. The highest BCUT2D eigenvalue weighted by molar-refractivity contribution is 8.06. The highest BCUT2D eigenvalue weighted by Gasteiger charge is 2.30. The molecule has 2 heterocycles. The molecule has 1 aromatic heterocycles. The molecule has 2 rings (SSSR count). The minimum absolute atomic E-state index is 0.338. The van der Waals surface area contributed by atoms with Crippen molar-refractivity contribution in [1.29, 1.82) is 0 Å². The molecule has 1 saturated heterocycles.